The average Bonchev–Trinajstić information content (AvgIpc) is 2.67. The second-order valence-electron chi connectivity index (χ2n) is 6.44. The van der Waals surface area contributed by atoms with Gasteiger partial charge in [-0.05, 0) is 41.5 Å². The maximum Gasteiger partial charge on any atom is 0.223 e. The van der Waals surface area contributed by atoms with Crippen molar-refractivity contribution in [3.8, 4) is 5.75 Å². The second kappa shape index (κ2) is 8.69. The van der Waals surface area contributed by atoms with Gasteiger partial charge in [0.05, 0.1) is 12.2 Å². The maximum atomic E-state index is 12.9. The van der Waals surface area contributed by atoms with Gasteiger partial charge in [0, 0.05) is 30.6 Å². The standard InChI is InChI=1S/C22H21ClN2O2/c1-25(15-17-8-4-5-12-24-17)22(27)14-20(16-7-6-9-18(26)13-16)19-10-2-3-11-21(19)23/h2-13,20,26H,14-15H2,1H3. The SMILES string of the molecule is CN(Cc1ccccn1)C(=O)CC(c1cccc(O)c1)c1ccccc1Cl. The molecule has 5 heteroatoms. The highest BCUT2D eigenvalue weighted by atomic mass is 35.5. The number of aromatic hydroxyl groups is 1. The van der Waals surface area contributed by atoms with E-state index in [4.69, 9.17) is 11.6 Å². The van der Waals surface area contributed by atoms with E-state index in [1.807, 2.05) is 48.5 Å². The van der Waals surface area contributed by atoms with Gasteiger partial charge in [-0.25, -0.2) is 0 Å². The number of amides is 1. The van der Waals surface area contributed by atoms with Crippen LogP contribution in [0.15, 0.2) is 72.9 Å². The third kappa shape index (κ3) is 4.86. The van der Waals surface area contributed by atoms with Crippen LogP contribution in [-0.2, 0) is 11.3 Å². The number of aromatic nitrogens is 1. The predicted octanol–water partition coefficient (Wildman–Crippen LogP) is 4.62. The molecule has 1 heterocycles. The Balaban J connectivity index is 1.85. The molecule has 0 spiro atoms. The normalized spacial score (nSPS) is 11.8. The number of benzene rings is 2. The minimum Gasteiger partial charge on any atom is -0.508 e. The molecule has 0 saturated heterocycles. The minimum atomic E-state index is -0.246. The van der Waals surface area contributed by atoms with Gasteiger partial charge in [0.15, 0.2) is 0 Å². The van der Waals surface area contributed by atoms with Crippen LogP contribution in [0.3, 0.4) is 0 Å². The molecular weight excluding hydrogens is 360 g/mol. The second-order valence-corrected chi connectivity index (χ2v) is 6.85. The van der Waals surface area contributed by atoms with Crippen LogP contribution in [0, 0.1) is 0 Å². The molecule has 1 aromatic heterocycles. The fourth-order valence-electron chi connectivity index (χ4n) is 3.06. The molecule has 0 aliphatic heterocycles. The number of carbonyl (C=O) groups excluding carboxylic acids is 1. The summed E-state index contributed by atoms with van der Waals surface area (Å²) in [5.41, 5.74) is 2.55. The molecule has 0 bridgehead atoms. The van der Waals surface area contributed by atoms with Crippen molar-refractivity contribution in [2.24, 2.45) is 0 Å². The van der Waals surface area contributed by atoms with Crippen molar-refractivity contribution in [1.29, 1.82) is 0 Å². The lowest BCUT2D eigenvalue weighted by molar-refractivity contribution is -0.130. The zero-order valence-electron chi connectivity index (χ0n) is 15.0. The molecule has 0 radical (unpaired) electrons. The van der Waals surface area contributed by atoms with Crippen LogP contribution in [0.1, 0.15) is 29.2 Å². The third-order valence-corrected chi connectivity index (χ3v) is 4.83. The van der Waals surface area contributed by atoms with Crippen molar-refractivity contribution < 1.29 is 9.90 Å². The number of nitrogens with zero attached hydrogens (tertiary/aromatic N) is 2. The highest BCUT2D eigenvalue weighted by Gasteiger charge is 2.23. The molecule has 4 nitrogen and oxygen atoms in total. The largest absolute Gasteiger partial charge is 0.508 e. The van der Waals surface area contributed by atoms with Crippen LogP contribution in [0.25, 0.3) is 0 Å². The lowest BCUT2D eigenvalue weighted by Crippen LogP contribution is -2.28. The van der Waals surface area contributed by atoms with Crippen LogP contribution in [0.5, 0.6) is 5.75 Å². The van der Waals surface area contributed by atoms with E-state index in [0.29, 0.717) is 11.6 Å². The average molecular weight is 381 g/mol. The molecule has 2 aromatic carbocycles. The number of rotatable bonds is 6. The first-order valence-electron chi connectivity index (χ1n) is 8.72. The lowest BCUT2D eigenvalue weighted by Gasteiger charge is -2.23. The number of phenols is 1. The van der Waals surface area contributed by atoms with Gasteiger partial charge in [-0.3, -0.25) is 9.78 Å². The Kier molecular flexibility index (Phi) is 6.09. The number of phenolic OH excluding ortho intramolecular Hbond substituents is 1. The molecule has 0 fully saturated rings. The van der Waals surface area contributed by atoms with E-state index < -0.39 is 0 Å². The Hall–Kier alpha value is -2.85. The van der Waals surface area contributed by atoms with Gasteiger partial charge in [-0.1, -0.05) is 48.0 Å². The summed E-state index contributed by atoms with van der Waals surface area (Å²) in [6.07, 6.45) is 1.96. The summed E-state index contributed by atoms with van der Waals surface area (Å²) in [6.45, 7) is 0.439. The molecule has 1 N–H and O–H groups in total. The summed E-state index contributed by atoms with van der Waals surface area (Å²) >= 11 is 6.40. The molecule has 27 heavy (non-hydrogen) atoms. The Bertz CT molecular complexity index is 915. The first-order valence-corrected chi connectivity index (χ1v) is 9.09. The maximum absolute atomic E-state index is 12.9. The van der Waals surface area contributed by atoms with Crippen LogP contribution < -0.4 is 0 Å². The zero-order chi connectivity index (χ0) is 19.2. The topological polar surface area (TPSA) is 53.4 Å². The fourth-order valence-corrected chi connectivity index (χ4v) is 3.33. The van der Waals surface area contributed by atoms with E-state index in [1.165, 1.54) is 0 Å². The molecule has 138 valence electrons. The summed E-state index contributed by atoms with van der Waals surface area (Å²) in [4.78, 5) is 18.8. The van der Waals surface area contributed by atoms with Gasteiger partial charge < -0.3 is 10.0 Å². The summed E-state index contributed by atoms with van der Waals surface area (Å²) < 4.78 is 0. The highest BCUT2D eigenvalue weighted by molar-refractivity contribution is 6.31. The minimum absolute atomic E-state index is 0.0195. The van der Waals surface area contributed by atoms with Crippen molar-refractivity contribution in [2.45, 2.75) is 18.9 Å². The van der Waals surface area contributed by atoms with E-state index in [1.54, 1.807) is 36.3 Å². The summed E-state index contributed by atoms with van der Waals surface area (Å²) in [7, 11) is 1.77. The van der Waals surface area contributed by atoms with E-state index in [2.05, 4.69) is 4.98 Å². The van der Waals surface area contributed by atoms with Crippen LogP contribution >= 0.6 is 11.6 Å². The van der Waals surface area contributed by atoms with Crippen molar-refractivity contribution in [1.82, 2.24) is 9.88 Å². The number of hydrogen-bond donors (Lipinski definition) is 1. The smallest absolute Gasteiger partial charge is 0.223 e. The van der Waals surface area contributed by atoms with Gasteiger partial charge in [0.1, 0.15) is 5.75 Å². The molecule has 0 aliphatic rings. The van der Waals surface area contributed by atoms with E-state index in [9.17, 15) is 9.90 Å². The Morgan fingerprint density at radius 3 is 2.59 bits per heavy atom. The Labute approximate surface area is 164 Å². The van der Waals surface area contributed by atoms with E-state index in [0.717, 1.165) is 16.8 Å². The predicted molar refractivity (Wildman–Crippen MR) is 107 cm³/mol. The highest BCUT2D eigenvalue weighted by Crippen LogP contribution is 2.34. The van der Waals surface area contributed by atoms with Gasteiger partial charge >= 0.3 is 0 Å². The summed E-state index contributed by atoms with van der Waals surface area (Å²) in [5, 5.41) is 10.5. The van der Waals surface area contributed by atoms with Crippen molar-refractivity contribution in [2.75, 3.05) is 7.05 Å². The van der Waals surface area contributed by atoms with Crippen LogP contribution in [0.2, 0.25) is 5.02 Å². The van der Waals surface area contributed by atoms with Crippen LogP contribution in [-0.4, -0.2) is 27.9 Å². The number of hydrogen-bond acceptors (Lipinski definition) is 3. The molecule has 0 saturated carbocycles. The lowest BCUT2D eigenvalue weighted by atomic mass is 9.88. The van der Waals surface area contributed by atoms with Gasteiger partial charge in [-0.2, -0.15) is 0 Å². The molecule has 1 unspecified atom stereocenters. The number of halogens is 1. The summed E-state index contributed by atoms with van der Waals surface area (Å²) in [5.74, 6) is -0.0998. The molecule has 3 rings (SSSR count). The first-order chi connectivity index (χ1) is 13.0. The van der Waals surface area contributed by atoms with Gasteiger partial charge in [0.25, 0.3) is 0 Å². The monoisotopic (exact) mass is 380 g/mol. The molecule has 1 amide bonds. The number of carbonyl (C=O) groups is 1. The van der Waals surface area contributed by atoms with Crippen molar-refractivity contribution in [3.63, 3.8) is 0 Å². The summed E-state index contributed by atoms with van der Waals surface area (Å²) in [6, 6.07) is 20.1. The number of pyridine rings is 1. The van der Waals surface area contributed by atoms with Crippen LogP contribution in [0.4, 0.5) is 0 Å². The van der Waals surface area contributed by atoms with E-state index >= 15 is 0 Å². The quantitative estimate of drug-likeness (QED) is 0.678. The molecular formula is C22H21ClN2O2. The Morgan fingerprint density at radius 1 is 1.11 bits per heavy atom. The van der Waals surface area contributed by atoms with Crippen molar-refractivity contribution in [3.05, 3.63) is 94.8 Å². The zero-order valence-corrected chi connectivity index (χ0v) is 15.8. The Morgan fingerprint density at radius 2 is 1.89 bits per heavy atom. The fraction of sp³-hybridized carbons (Fsp3) is 0.182. The first kappa shape index (κ1) is 18.9. The molecule has 3 aromatic rings. The molecule has 0 aliphatic carbocycles. The third-order valence-electron chi connectivity index (χ3n) is 4.48. The van der Waals surface area contributed by atoms with E-state index in [-0.39, 0.29) is 24.0 Å². The molecule has 1 atom stereocenters. The van der Waals surface area contributed by atoms with Gasteiger partial charge in [-0.15, -0.1) is 0 Å². The van der Waals surface area contributed by atoms with Crippen molar-refractivity contribution >= 4 is 17.5 Å². The van der Waals surface area contributed by atoms with Gasteiger partial charge in [0.2, 0.25) is 5.91 Å².